The van der Waals surface area contributed by atoms with Crippen molar-refractivity contribution in [2.45, 2.75) is 64.4 Å². The summed E-state index contributed by atoms with van der Waals surface area (Å²) in [4.78, 5) is 44.4. The molecule has 2 atom stereocenters. The number of aromatic nitrogens is 3. The third-order valence-corrected chi connectivity index (χ3v) is 10.5. The number of amides is 2. The predicted octanol–water partition coefficient (Wildman–Crippen LogP) is 2.93. The number of ether oxygens (including phenoxy) is 3. The van der Waals surface area contributed by atoms with Gasteiger partial charge in [-0.15, -0.1) is 0 Å². The van der Waals surface area contributed by atoms with Crippen LogP contribution in [0.2, 0.25) is 25.7 Å². The van der Waals surface area contributed by atoms with Crippen LogP contribution in [0.3, 0.4) is 0 Å². The average Bonchev–Trinajstić information content (AvgIpc) is 3.66. The molecular formula is C30H43N7O5Si. The first-order valence-corrected chi connectivity index (χ1v) is 19.1. The lowest BCUT2D eigenvalue weighted by Gasteiger charge is -2.28. The van der Waals surface area contributed by atoms with E-state index in [2.05, 4.69) is 53.8 Å². The van der Waals surface area contributed by atoms with Gasteiger partial charge in [0.05, 0.1) is 12.7 Å². The molecule has 12 nitrogen and oxygen atoms in total. The third-order valence-electron chi connectivity index (χ3n) is 8.79. The zero-order chi connectivity index (χ0) is 30.3. The van der Waals surface area contributed by atoms with Crippen LogP contribution in [0, 0.1) is 12.8 Å². The highest BCUT2D eigenvalue weighted by molar-refractivity contribution is 6.76. The van der Waals surface area contributed by atoms with Crippen molar-refractivity contribution in [2.75, 3.05) is 67.9 Å². The Morgan fingerprint density at radius 2 is 1.93 bits per heavy atom. The summed E-state index contributed by atoms with van der Waals surface area (Å²) < 4.78 is 17.0. The summed E-state index contributed by atoms with van der Waals surface area (Å²) in [6.45, 7) is 12.6. The van der Waals surface area contributed by atoms with Crippen LogP contribution in [0.25, 0.3) is 0 Å². The number of carbonyl (C=O) groups excluding carboxylic acids is 2. The monoisotopic (exact) mass is 609 g/mol. The molecule has 2 aromatic rings. The number of hydrogen-bond acceptors (Lipinski definition) is 10. The predicted molar refractivity (Wildman–Crippen MR) is 166 cm³/mol. The number of nitrogens with one attached hydrogen (secondary N) is 1. The molecular weight excluding hydrogens is 566 g/mol. The van der Waals surface area contributed by atoms with Crippen LogP contribution in [-0.4, -0.2) is 94.3 Å². The highest BCUT2D eigenvalue weighted by Gasteiger charge is 2.36. The molecule has 13 heteroatoms. The Labute approximate surface area is 254 Å². The molecule has 2 aromatic heterocycles. The van der Waals surface area contributed by atoms with Gasteiger partial charge in [-0.2, -0.15) is 0 Å². The molecule has 0 spiro atoms. The fourth-order valence-corrected chi connectivity index (χ4v) is 7.05. The zero-order valence-electron chi connectivity index (χ0n) is 25.9. The van der Waals surface area contributed by atoms with Gasteiger partial charge in [-0.1, -0.05) is 19.6 Å². The van der Waals surface area contributed by atoms with Crippen LogP contribution in [-0.2, 0) is 33.5 Å². The molecule has 3 aliphatic heterocycles. The molecule has 6 rings (SSSR count). The minimum absolute atomic E-state index is 0.0677. The number of hydrogen-bond donors (Lipinski definition) is 1. The van der Waals surface area contributed by atoms with Crippen LogP contribution < -0.4 is 24.8 Å². The van der Waals surface area contributed by atoms with E-state index in [9.17, 15) is 9.59 Å². The quantitative estimate of drug-likeness (QED) is 0.301. The standard InChI is InChI=1S/C30H43N7O5Si/c1-19-23-12-20(13-24(23)22-7-9-35(2)27(22)33-19)14-31-8-6-21-16-36(30(39)42-21)25-15-32-29-28(34-25)37(26(38)17-41-29)18-40-10-11-43(3,4)5/h15,20-21,31H,6-14,16-18H2,1-5H3. The van der Waals surface area contributed by atoms with E-state index in [0.717, 1.165) is 44.9 Å². The minimum Gasteiger partial charge on any atom is -0.465 e. The lowest BCUT2D eigenvalue weighted by atomic mass is 10.0. The van der Waals surface area contributed by atoms with Gasteiger partial charge in [0.25, 0.3) is 11.8 Å². The van der Waals surface area contributed by atoms with Crippen molar-refractivity contribution >= 4 is 37.5 Å². The van der Waals surface area contributed by atoms with Gasteiger partial charge in [0, 0.05) is 34.0 Å². The average molecular weight is 610 g/mol. The van der Waals surface area contributed by atoms with Gasteiger partial charge in [0.2, 0.25) is 5.82 Å². The van der Waals surface area contributed by atoms with Gasteiger partial charge in [-0.05, 0) is 74.3 Å². The Hall–Kier alpha value is -3.29. The van der Waals surface area contributed by atoms with Crippen molar-refractivity contribution in [3.63, 3.8) is 0 Å². The fraction of sp³-hybridized carbons (Fsp3) is 0.633. The molecule has 1 saturated heterocycles. The van der Waals surface area contributed by atoms with Gasteiger partial charge in [0.15, 0.2) is 12.4 Å². The second-order valence-electron chi connectivity index (χ2n) is 13.3. The number of anilines is 3. The number of fused-ring (bicyclic) bond motifs is 4. The lowest BCUT2D eigenvalue weighted by molar-refractivity contribution is -0.122. The number of pyridine rings is 1. The van der Waals surface area contributed by atoms with E-state index in [-0.39, 0.29) is 37.0 Å². The number of carbonyl (C=O) groups is 2. The topological polar surface area (TPSA) is 122 Å². The van der Waals surface area contributed by atoms with E-state index in [4.69, 9.17) is 19.2 Å². The highest BCUT2D eigenvalue weighted by Crippen LogP contribution is 2.38. The maximum absolute atomic E-state index is 12.8. The molecule has 0 radical (unpaired) electrons. The number of rotatable bonds is 11. The maximum Gasteiger partial charge on any atom is 0.415 e. The second-order valence-corrected chi connectivity index (χ2v) is 18.9. The Morgan fingerprint density at radius 1 is 1.12 bits per heavy atom. The van der Waals surface area contributed by atoms with Crippen molar-refractivity contribution in [1.29, 1.82) is 0 Å². The summed E-state index contributed by atoms with van der Waals surface area (Å²) in [6.07, 6.45) is 4.71. The van der Waals surface area contributed by atoms with Crippen LogP contribution >= 0.6 is 0 Å². The summed E-state index contributed by atoms with van der Waals surface area (Å²) >= 11 is 0. The number of cyclic esters (lactones) is 1. The van der Waals surface area contributed by atoms with Gasteiger partial charge in [-0.3, -0.25) is 14.6 Å². The van der Waals surface area contributed by atoms with Crippen LogP contribution in [0.4, 0.5) is 22.2 Å². The Bertz CT molecular complexity index is 1400. The first kappa shape index (κ1) is 29.8. The molecule has 0 bridgehead atoms. The highest BCUT2D eigenvalue weighted by atomic mass is 28.3. The zero-order valence-corrected chi connectivity index (χ0v) is 26.9. The smallest absolute Gasteiger partial charge is 0.415 e. The van der Waals surface area contributed by atoms with Crippen molar-refractivity contribution in [2.24, 2.45) is 5.92 Å². The first-order valence-electron chi connectivity index (χ1n) is 15.4. The normalized spacial score (nSPS) is 21.2. The second kappa shape index (κ2) is 12.0. The van der Waals surface area contributed by atoms with Crippen LogP contribution in [0.1, 0.15) is 28.8 Å². The van der Waals surface area contributed by atoms with Crippen molar-refractivity contribution in [1.82, 2.24) is 20.3 Å². The van der Waals surface area contributed by atoms with Gasteiger partial charge >= 0.3 is 6.09 Å². The van der Waals surface area contributed by atoms with E-state index in [0.29, 0.717) is 31.3 Å². The SMILES string of the molecule is Cc1nc2c(c3c1CC(CNCCC1CN(c4cnc5c(n4)N(COCC[Si](C)(C)C)C(=O)CO5)C(=O)O1)C3)CCN2C. The lowest BCUT2D eigenvalue weighted by Crippen LogP contribution is -2.42. The van der Waals surface area contributed by atoms with Crippen LogP contribution in [0.15, 0.2) is 6.20 Å². The van der Waals surface area contributed by atoms with Gasteiger partial charge in [0.1, 0.15) is 18.7 Å². The van der Waals surface area contributed by atoms with E-state index < -0.39 is 14.2 Å². The van der Waals surface area contributed by atoms with Gasteiger partial charge in [-0.25, -0.2) is 19.7 Å². The van der Waals surface area contributed by atoms with Crippen LogP contribution in [0.5, 0.6) is 5.88 Å². The van der Waals surface area contributed by atoms with E-state index in [1.54, 1.807) is 0 Å². The summed E-state index contributed by atoms with van der Waals surface area (Å²) in [7, 11) is 0.867. The van der Waals surface area contributed by atoms with Gasteiger partial charge < -0.3 is 24.4 Å². The Morgan fingerprint density at radius 3 is 2.74 bits per heavy atom. The minimum atomic E-state index is -1.26. The van der Waals surface area contributed by atoms with E-state index in [1.807, 2.05) is 0 Å². The van der Waals surface area contributed by atoms with E-state index in [1.165, 1.54) is 44.2 Å². The Kier molecular flexibility index (Phi) is 8.31. The molecule has 1 fully saturated rings. The largest absolute Gasteiger partial charge is 0.465 e. The first-order chi connectivity index (χ1) is 20.6. The molecule has 2 amide bonds. The van der Waals surface area contributed by atoms with Crippen molar-refractivity contribution in [3.8, 4) is 5.88 Å². The molecule has 1 N–H and O–H groups in total. The molecule has 43 heavy (non-hydrogen) atoms. The molecule has 0 aromatic carbocycles. The number of likely N-dealkylation sites (N-methyl/N-ethyl adjacent to an activating group) is 1. The molecule has 2 unspecified atom stereocenters. The summed E-state index contributed by atoms with van der Waals surface area (Å²) in [6, 6.07) is 0.991. The van der Waals surface area contributed by atoms with E-state index >= 15 is 0 Å². The molecule has 1 aliphatic carbocycles. The molecule has 4 aliphatic rings. The molecule has 5 heterocycles. The maximum atomic E-state index is 12.8. The summed E-state index contributed by atoms with van der Waals surface area (Å²) in [5.74, 6) is 2.30. The van der Waals surface area contributed by atoms with Crippen molar-refractivity contribution in [3.05, 3.63) is 28.6 Å². The molecule has 232 valence electrons. The fourth-order valence-electron chi connectivity index (χ4n) is 6.29. The number of nitrogens with zero attached hydrogens (tertiary/aromatic N) is 6. The van der Waals surface area contributed by atoms with Crippen molar-refractivity contribution < 1.29 is 23.8 Å². The Balaban J connectivity index is 1.00. The molecule has 0 saturated carbocycles. The third kappa shape index (κ3) is 6.34. The summed E-state index contributed by atoms with van der Waals surface area (Å²) in [5.41, 5.74) is 5.58. The summed E-state index contributed by atoms with van der Waals surface area (Å²) in [5, 5.41) is 3.60. The number of aryl methyl sites for hydroxylation is 1.